The summed E-state index contributed by atoms with van der Waals surface area (Å²) < 4.78 is 61.9. The Labute approximate surface area is 158 Å². The van der Waals surface area contributed by atoms with E-state index in [9.17, 15) is 22.4 Å². The number of ether oxygens (including phenoxy) is 2. The van der Waals surface area contributed by atoms with Gasteiger partial charge in [0.05, 0.1) is 5.56 Å². The van der Waals surface area contributed by atoms with Gasteiger partial charge in [-0.2, -0.15) is 8.78 Å². The van der Waals surface area contributed by atoms with E-state index in [1.54, 1.807) is 12.1 Å². The molecule has 0 fully saturated rings. The van der Waals surface area contributed by atoms with Crippen LogP contribution in [0, 0.1) is 11.6 Å². The summed E-state index contributed by atoms with van der Waals surface area (Å²) in [5, 5.41) is -0.0963. The Hall–Kier alpha value is -3.09. The SMILES string of the molecule is CCCc1ccc(C(=O)Oc2ccc3c(F)c(OC(F)F)c(F)cc3c2)cc1. The number of carbonyl (C=O) groups excluding carboxylic acids is 1. The van der Waals surface area contributed by atoms with Crippen molar-refractivity contribution in [1.82, 2.24) is 0 Å². The van der Waals surface area contributed by atoms with Crippen molar-refractivity contribution in [2.75, 3.05) is 0 Å². The van der Waals surface area contributed by atoms with Gasteiger partial charge >= 0.3 is 12.6 Å². The van der Waals surface area contributed by atoms with Crippen LogP contribution in [-0.2, 0) is 6.42 Å². The summed E-state index contributed by atoms with van der Waals surface area (Å²) in [5.41, 5.74) is 1.43. The van der Waals surface area contributed by atoms with Gasteiger partial charge in [-0.3, -0.25) is 0 Å². The Morgan fingerprint density at radius 1 is 1.04 bits per heavy atom. The minimum absolute atomic E-state index is 0.0419. The monoisotopic (exact) mass is 392 g/mol. The van der Waals surface area contributed by atoms with E-state index in [1.165, 1.54) is 18.2 Å². The standard InChI is InChI=1S/C21H16F4O3/c1-2-3-12-4-6-13(7-5-12)20(26)27-15-8-9-16-14(10-15)11-17(22)19(18(16)23)28-21(24)25/h4-11,21H,2-3H2,1H3. The molecule has 0 aromatic heterocycles. The molecule has 3 rings (SSSR count). The summed E-state index contributed by atoms with van der Waals surface area (Å²) in [6.45, 7) is -1.30. The van der Waals surface area contributed by atoms with Crippen molar-refractivity contribution < 1.29 is 31.8 Å². The molecule has 0 saturated heterocycles. The molecule has 0 aliphatic heterocycles. The summed E-state index contributed by atoms with van der Waals surface area (Å²) >= 11 is 0. The first-order valence-electron chi connectivity index (χ1n) is 8.56. The van der Waals surface area contributed by atoms with E-state index >= 15 is 0 Å². The molecule has 3 aromatic rings. The number of halogens is 4. The second kappa shape index (κ2) is 8.29. The Morgan fingerprint density at radius 3 is 2.39 bits per heavy atom. The van der Waals surface area contributed by atoms with Gasteiger partial charge in [-0.15, -0.1) is 0 Å². The van der Waals surface area contributed by atoms with E-state index in [4.69, 9.17) is 4.74 Å². The van der Waals surface area contributed by atoms with Crippen LogP contribution in [0.2, 0.25) is 0 Å². The Balaban J connectivity index is 1.85. The number of carbonyl (C=O) groups is 1. The van der Waals surface area contributed by atoms with E-state index in [0.29, 0.717) is 5.56 Å². The third-order valence-electron chi connectivity index (χ3n) is 4.10. The second-order valence-electron chi connectivity index (χ2n) is 6.10. The number of aryl methyl sites for hydroxylation is 1. The summed E-state index contributed by atoms with van der Waals surface area (Å²) in [6, 6.07) is 11.5. The summed E-state index contributed by atoms with van der Waals surface area (Å²) in [5.74, 6) is -4.24. The second-order valence-corrected chi connectivity index (χ2v) is 6.10. The number of esters is 1. The van der Waals surface area contributed by atoms with Crippen LogP contribution in [-0.4, -0.2) is 12.6 Å². The predicted octanol–water partition coefficient (Wildman–Crippen LogP) is 5.89. The van der Waals surface area contributed by atoms with Gasteiger partial charge in [0.2, 0.25) is 0 Å². The van der Waals surface area contributed by atoms with Gasteiger partial charge in [0.25, 0.3) is 0 Å². The fourth-order valence-corrected chi connectivity index (χ4v) is 2.81. The van der Waals surface area contributed by atoms with Crippen LogP contribution in [0.15, 0.2) is 48.5 Å². The molecule has 0 saturated carbocycles. The molecule has 0 radical (unpaired) electrons. The van der Waals surface area contributed by atoms with E-state index in [1.807, 2.05) is 12.1 Å². The topological polar surface area (TPSA) is 35.5 Å². The number of rotatable bonds is 6. The molecule has 3 nitrogen and oxygen atoms in total. The van der Waals surface area contributed by atoms with E-state index in [0.717, 1.165) is 24.5 Å². The molecular formula is C21H16F4O3. The number of benzene rings is 3. The third-order valence-corrected chi connectivity index (χ3v) is 4.10. The first-order valence-corrected chi connectivity index (χ1v) is 8.56. The molecule has 146 valence electrons. The van der Waals surface area contributed by atoms with Crippen LogP contribution in [0.1, 0.15) is 29.3 Å². The molecule has 0 heterocycles. The molecule has 7 heteroatoms. The maximum absolute atomic E-state index is 14.2. The maximum atomic E-state index is 14.2. The molecule has 0 aliphatic carbocycles. The molecule has 0 aliphatic rings. The first kappa shape index (κ1) is 19.7. The van der Waals surface area contributed by atoms with E-state index in [-0.39, 0.29) is 16.5 Å². The van der Waals surface area contributed by atoms with Crippen molar-refractivity contribution in [2.45, 2.75) is 26.4 Å². The van der Waals surface area contributed by atoms with E-state index < -0.39 is 30.0 Å². The predicted molar refractivity (Wildman–Crippen MR) is 95.9 cm³/mol. The quantitative estimate of drug-likeness (QED) is 0.298. The normalized spacial score (nSPS) is 11.1. The lowest BCUT2D eigenvalue weighted by atomic mass is 10.1. The van der Waals surface area contributed by atoms with Gasteiger partial charge in [-0.25, -0.2) is 13.6 Å². The van der Waals surface area contributed by atoms with Gasteiger partial charge in [0.15, 0.2) is 17.4 Å². The van der Waals surface area contributed by atoms with Gasteiger partial charge in [0, 0.05) is 5.39 Å². The number of fused-ring (bicyclic) bond motifs is 1. The molecule has 0 bridgehead atoms. The van der Waals surface area contributed by atoms with Gasteiger partial charge in [-0.1, -0.05) is 25.5 Å². The zero-order chi connectivity index (χ0) is 20.3. The van der Waals surface area contributed by atoms with E-state index in [2.05, 4.69) is 11.7 Å². The summed E-state index contributed by atoms with van der Waals surface area (Å²) in [6.07, 6.45) is 1.88. The minimum Gasteiger partial charge on any atom is -0.429 e. The van der Waals surface area contributed by atoms with Gasteiger partial charge < -0.3 is 9.47 Å². The summed E-state index contributed by atoms with van der Waals surface area (Å²) in [4.78, 5) is 12.3. The average molecular weight is 392 g/mol. The van der Waals surface area contributed by atoms with Crippen LogP contribution in [0.25, 0.3) is 10.8 Å². The van der Waals surface area contributed by atoms with Crippen LogP contribution in [0.3, 0.4) is 0 Å². The third kappa shape index (κ3) is 4.24. The first-order chi connectivity index (χ1) is 13.4. The van der Waals surface area contributed by atoms with Crippen molar-refractivity contribution in [2.24, 2.45) is 0 Å². The largest absolute Gasteiger partial charge is 0.429 e. The van der Waals surface area contributed by atoms with Crippen molar-refractivity contribution in [1.29, 1.82) is 0 Å². The van der Waals surface area contributed by atoms with Crippen molar-refractivity contribution in [3.8, 4) is 11.5 Å². The molecule has 28 heavy (non-hydrogen) atoms. The lowest BCUT2D eigenvalue weighted by Crippen LogP contribution is -2.09. The minimum atomic E-state index is -3.36. The highest BCUT2D eigenvalue weighted by molar-refractivity contribution is 5.92. The van der Waals surface area contributed by atoms with Crippen LogP contribution in [0.4, 0.5) is 17.6 Å². The van der Waals surface area contributed by atoms with Crippen LogP contribution >= 0.6 is 0 Å². The molecule has 0 atom stereocenters. The van der Waals surface area contributed by atoms with Gasteiger partial charge in [0.1, 0.15) is 5.75 Å². The fraction of sp³-hybridized carbons (Fsp3) is 0.190. The average Bonchev–Trinajstić information content (AvgIpc) is 2.65. The molecular weight excluding hydrogens is 376 g/mol. The zero-order valence-electron chi connectivity index (χ0n) is 14.8. The summed E-state index contributed by atoms with van der Waals surface area (Å²) in [7, 11) is 0. The molecule has 0 amide bonds. The van der Waals surface area contributed by atoms with Crippen LogP contribution in [0.5, 0.6) is 11.5 Å². The lowest BCUT2D eigenvalue weighted by molar-refractivity contribution is -0.0544. The molecule has 0 spiro atoms. The van der Waals surface area contributed by atoms with Crippen molar-refractivity contribution in [3.05, 3.63) is 71.3 Å². The maximum Gasteiger partial charge on any atom is 0.387 e. The Bertz CT molecular complexity index is 1000. The molecule has 0 N–H and O–H groups in total. The number of hydrogen-bond donors (Lipinski definition) is 0. The highest BCUT2D eigenvalue weighted by Gasteiger charge is 2.19. The lowest BCUT2D eigenvalue weighted by Gasteiger charge is -2.11. The zero-order valence-corrected chi connectivity index (χ0v) is 14.8. The van der Waals surface area contributed by atoms with Gasteiger partial charge in [-0.05, 0) is 53.8 Å². The van der Waals surface area contributed by atoms with Crippen molar-refractivity contribution in [3.63, 3.8) is 0 Å². The highest BCUT2D eigenvalue weighted by Crippen LogP contribution is 2.33. The number of alkyl halides is 2. The highest BCUT2D eigenvalue weighted by atomic mass is 19.3. The molecule has 3 aromatic carbocycles. The molecule has 0 unspecified atom stereocenters. The number of hydrogen-bond acceptors (Lipinski definition) is 3. The Kier molecular flexibility index (Phi) is 5.82. The Morgan fingerprint density at radius 2 is 1.75 bits per heavy atom. The van der Waals surface area contributed by atoms with Crippen molar-refractivity contribution >= 4 is 16.7 Å². The fourth-order valence-electron chi connectivity index (χ4n) is 2.81. The van der Waals surface area contributed by atoms with Crippen LogP contribution < -0.4 is 9.47 Å². The smallest absolute Gasteiger partial charge is 0.387 e.